The number of halogens is 2. The van der Waals surface area contributed by atoms with Gasteiger partial charge in [0.1, 0.15) is 5.82 Å². The van der Waals surface area contributed by atoms with E-state index in [9.17, 15) is 18.8 Å². The first-order valence-electron chi connectivity index (χ1n) is 6.30. The molecule has 0 saturated heterocycles. The van der Waals surface area contributed by atoms with Crippen molar-refractivity contribution in [3.63, 3.8) is 0 Å². The van der Waals surface area contributed by atoms with Gasteiger partial charge in [0.05, 0.1) is 16.3 Å². The van der Waals surface area contributed by atoms with Crippen LogP contribution in [0.15, 0.2) is 12.1 Å². The molecule has 1 aromatic carbocycles. The second-order valence-corrected chi connectivity index (χ2v) is 5.00. The van der Waals surface area contributed by atoms with Gasteiger partial charge in [0.25, 0.3) is 11.7 Å². The normalized spacial score (nSPS) is 13.6. The minimum atomic E-state index is -0.713. The molecule has 112 valence electrons. The first-order valence-corrected chi connectivity index (χ1v) is 6.68. The number of nitrogens with two attached hydrogens (primary N) is 1. The number of rotatable bonds is 5. The lowest BCUT2D eigenvalue weighted by Gasteiger charge is -2.16. The molecule has 0 fully saturated rings. The minimum absolute atomic E-state index is 0.103. The van der Waals surface area contributed by atoms with Gasteiger partial charge in [-0.2, -0.15) is 0 Å². The van der Waals surface area contributed by atoms with Crippen LogP contribution in [0.3, 0.4) is 0 Å². The fraction of sp³-hybridized carbons (Fsp3) is 0.308. The third-order valence-electron chi connectivity index (χ3n) is 3.21. The summed E-state index contributed by atoms with van der Waals surface area (Å²) in [6, 6.07) is 2.24. The van der Waals surface area contributed by atoms with E-state index in [1.807, 2.05) is 5.43 Å². The first-order chi connectivity index (χ1) is 9.95. The number of fused-ring (bicyclic) bond motifs is 1. The summed E-state index contributed by atoms with van der Waals surface area (Å²) in [5, 5.41) is -0.198. The standard InChI is InChI=1S/C13H13ClFN3O3/c14-8-5-7-10(6-9(8)15)18(13(21)12(7)20)4-2-1-3-11(19)17-16/h5-6H,1-4,16H2,(H,17,19). The van der Waals surface area contributed by atoms with Gasteiger partial charge in [0, 0.05) is 13.0 Å². The molecular formula is C13H13ClFN3O3. The van der Waals surface area contributed by atoms with Crippen LogP contribution in [0.4, 0.5) is 10.1 Å². The predicted molar refractivity (Wildman–Crippen MR) is 74.3 cm³/mol. The van der Waals surface area contributed by atoms with Crippen molar-refractivity contribution in [3.05, 3.63) is 28.5 Å². The Hall–Kier alpha value is -1.99. The van der Waals surface area contributed by atoms with Crippen LogP contribution in [-0.4, -0.2) is 24.1 Å². The van der Waals surface area contributed by atoms with Crippen LogP contribution in [0, 0.1) is 5.82 Å². The van der Waals surface area contributed by atoms with Crippen LogP contribution in [0.1, 0.15) is 29.6 Å². The number of unbranched alkanes of at least 4 members (excludes halogenated alkanes) is 1. The van der Waals surface area contributed by atoms with Gasteiger partial charge in [0.15, 0.2) is 0 Å². The van der Waals surface area contributed by atoms with Crippen molar-refractivity contribution in [2.75, 3.05) is 11.4 Å². The number of hydrazine groups is 1. The number of Topliss-reactive ketones (excluding diaryl/α,β-unsaturated/α-hetero) is 1. The number of carbonyl (C=O) groups excluding carboxylic acids is 3. The summed E-state index contributed by atoms with van der Waals surface area (Å²) in [7, 11) is 0. The fourth-order valence-corrected chi connectivity index (χ4v) is 2.30. The van der Waals surface area contributed by atoms with E-state index in [1.54, 1.807) is 0 Å². The number of hydrogen-bond donors (Lipinski definition) is 2. The monoisotopic (exact) mass is 313 g/mol. The Kier molecular flexibility index (Phi) is 4.54. The number of benzene rings is 1. The number of anilines is 1. The van der Waals surface area contributed by atoms with E-state index < -0.39 is 17.5 Å². The third kappa shape index (κ3) is 3.03. The minimum Gasteiger partial charge on any atom is -0.305 e. The molecule has 1 aliphatic heterocycles. The zero-order valence-electron chi connectivity index (χ0n) is 11.0. The van der Waals surface area contributed by atoms with Crippen molar-refractivity contribution in [3.8, 4) is 0 Å². The second-order valence-electron chi connectivity index (χ2n) is 4.59. The Morgan fingerprint density at radius 3 is 2.71 bits per heavy atom. The highest BCUT2D eigenvalue weighted by atomic mass is 35.5. The summed E-state index contributed by atoms with van der Waals surface area (Å²) >= 11 is 5.62. The van der Waals surface area contributed by atoms with Crippen LogP contribution in [0.5, 0.6) is 0 Å². The van der Waals surface area contributed by atoms with Crippen LogP contribution in [0.25, 0.3) is 0 Å². The maximum absolute atomic E-state index is 13.5. The summed E-state index contributed by atoms with van der Waals surface area (Å²) in [4.78, 5) is 35.9. The maximum atomic E-state index is 13.5. The molecule has 0 aliphatic carbocycles. The maximum Gasteiger partial charge on any atom is 0.299 e. The van der Waals surface area contributed by atoms with Crippen LogP contribution in [0.2, 0.25) is 5.02 Å². The van der Waals surface area contributed by atoms with E-state index in [0.717, 1.165) is 12.1 Å². The molecule has 0 atom stereocenters. The van der Waals surface area contributed by atoms with Crippen LogP contribution in [-0.2, 0) is 9.59 Å². The third-order valence-corrected chi connectivity index (χ3v) is 3.50. The molecule has 1 aromatic rings. The summed E-state index contributed by atoms with van der Waals surface area (Å²) in [6.07, 6.45) is 1.19. The quantitative estimate of drug-likeness (QED) is 0.280. The Morgan fingerprint density at radius 2 is 2.05 bits per heavy atom. The van der Waals surface area contributed by atoms with Crippen molar-refractivity contribution >= 4 is 34.9 Å². The molecule has 3 N–H and O–H groups in total. The lowest BCUT2D eigenvalue weighted by atomic mass is 10.1. The molecule has 2 amide bonds. The second kappa shape index (κ2) is 6.19. The Bertz CT molecular complexity index is 621. The lowest BCUT2D eigenvalue weighted by Crippen LogP contribution is -2.32. The zero-order chi connectivity index (χ0) is 15.6. The lowest BCUT2D eigenvalue weighted by molar-refractivity contribution is -0.121. The van der Waals surface area contributed by atoms with E-state index in [0.29, 0.717) is 12.8 Å². The summed E-state index contributed by atoms with van der Waals surface area (Å²) in [5.74, 6) is 2.53. The largest absolute Gasteiger partial charge is 0.305 e. The van der Waals surface area contributed by atoms with Gasteiger partial charge in [-0.05, 0) is 25.0 Å². The fourth-order valence-electron chi connectivity index (χ4n) is 2.14. The van der Waals surface area contributed by atoms with E-state index in [-0.39, 0.29) is 35.1 Å². The highest BCUT2D eigenvalue weighted by molar-refractivity contribution is 6.52. The van der Waals surface area contributed by atoms with Gasteiger partial charge in [-0.15, -0.1) is 0 Å². The molecule has 2 rings (SSSR count). The van der Waals surface area contributed by atoms with Gasteiger partial charge in [0.2, 0.25) is 5.91 Å². The Labute approximate surface area is 125 Å². The van der Waals surface area contributed by atoms with Crippen LogP contribution >= 0.6 is 11.6 Å². The number of hydrogen-bond acceptors (Lipinski definition) is 4. The van der Waals surface area contributed by atoms with Gasteiger partial charge >= 0.3 is 0 Å². The van der Waals surface area contributed by atoms with E-state index >= 15 is 0 Å². The van der Waals surface area contributed by atoms with E-state index in [2.05, 4.69) is 0 Å². The summed E-state index contributed by atoms with van der Waals surface area (Å²) < 4.78 is 13.5. The van der Waals surface area contributed by atoms with Gasteiger partial charge in [-0.1, -0.05) is 11.6 Å². The van der Waals surface area contributed by atoms with Gasteiger partial charge < -0.3 is 4.90 Å². The van der Waals surface area contributed by atoms with Gasteiger partial charge in [-0.3, -0.25) is 19.8 Å². The van der Waals surface area contributed by atoms with Crippen LogP contribution < -0.4 is 16.2 Å². The zero-order valence-corrected chi connectivity index (χ0v) is 11.7. The molecule has 0 radical (unpaired) electrons. The molecule has 0 saturated carbocycles. The van der Waals surface area contributed by atoms with Gasteiger partial charge in [-0.25, -0.2) is 10.2 Å². The van der Waals surface area contributed by atoms with E-state index in [4.69, 9.17) is 17.4 Å². The molecule has 0 bridgehead atoms. The molecule has 1 aliphatic rings. The predicted octanol–water partition coefficient (Wildman–Crippen LogP) is 1.17. The SMILES string of the molecule is NNC(=O)CCCCN1C(=O)C(=O)c2cc(Cl)c(F)cc21. The summed E-state index contributed by atoms with van der Waals surface area (Å²) in [6.45, 7) is 0.219. The molecule has 6 nitrogen and oxygen atoms in total. The Morgan fingerprint density at radius 1 is 1.33 bits per heavy atom. The van der Waals surface area contributed by atoms with Crippen molar-refractivity contribution in [1.29, 1.82) is 0 Å². The molecule has 1 heterocycles. The average Bonchev–Trinajstić information content (AvgIpc) is 2.68. The van der Waals surface area contributed by atoms with Crippen molar-refractivity contribution in [2.24, 2.45) is 5.84 Å². The molecule has 0 spiro atoms. The van der Waals surface area contributed by atoms with Crippen molar-refractivity contribution in [2.45, 2.75) is 19.3 Å². The molecule has 0 aromatic heterocycles. The van der Waals surface area contributed by atoms with E-state index in [1.165, 1.54) is 4.90 Å². The smallest absolute Gasteiger partial charge is 0.299 e. The molecule has 21 heavy (non-hydrogen) atoms. The van der Waals surface area contributed by atoms with Crippen molar-refractivity contribution < 1.29 is 18.8 Å². The number of ketones is 1. The van der Waals surface area contributed by atoms with Crippen molar-refractivity contribution in [1.82, 2.24) is 5.43 Å². The Balaban J connectivity index is 2.08. The highest BCUT2D eigenvalue weighted by Crippen LogP contribution is 2.33. The molecular weight excluding hydrogens is 301 g/mol. The average molecular weight is 314 g/mol. The number of nitrogens with zero attached hydrogens (tertiary/aromatic N) is 1. The first kappa shape index (κ1) is 15.4. The summed E-state index contributed by atoms with van der Waals surface area (Å²) in [5.41, 5.74) is 2.32. The highest BCUT2D eigenvalue weighted by Gasteiger charge is 2.36. The molecule has 8 heteroatoms. The number of amides is 2. The number of nitrogens with one attached hydrogen (secondary N) is 1. The topological polar surface area (TPSA) is 92.5 Å². The molecule has 0 unspecified atom stereocenters. The number of carbonyl (C=O) groups is 3.